The Kier molecular flexibility index (Phi) is 5.37. The SMILES string of the molecule is CC(C)C(CO)NCc1cn(CCO)nn1. The van der Waals surface area contributed by atoms with Crippen LogP contribution >= 0.6 is 0 Å². The number of aliphatic hydroxyl groups is 2. The number of hydrogen-bond acceptors (Lipinski definition) is 5. The predicted octanol–water partition coefficient (Wildman–Crippen LogP) is -0.623. The molecule has 0 spiro atoms. The monoisotopic (exact) mass is 228 g/mol. The third-order valence-electron chi connectivity index (χ3n) is 2.46. The fourth-order valence-electron chi connectivity index (χ4n) is 1.38. The zero-order chi connectivity index (χ0) is 12.0. The van der Waals surface area contributed by atoms with E-state index in [1.165, 1.54) is 0 Å². The third-order valence-corrected chi connectivity index (χ3v) is 2.46. The van der Waals surface area contributed by atoms with Crippen molar-refractivity contribution in [2.75, 3.05) is 13.2 Å². The van der Waals surface area contributed by atoms with Gasteiger partial charge in [0.1, 0.15) is 0 Å². The Morgan fingerprint density at radius 1 is 1.44 bits per heavy atom. The van der Waals surface area contributed by atoms with E-state index >= 15 is 0 Å². The lowest BCUT2D eigenvalue weighted by atomic mass is 10.1. The fraction of sp³-hybridized carbons (Fsp3) is 0.800. The van der Waals surface area contributed by atoms with Crippen LogP contribution < -0.4 is 5.32 Å². The molecule has 0 aromatic carbocycles. The lowest BCUT2D eigenvalue weighted by molar-refractivity contribution is 0.209. The third kappa shape index (κ3) is 3.88. The Balaban J connectivity index is 2.41. The molecule has 1 atom stereocenters. The molecule has 0 aliphatic rings. The van der Waals surface area contributed by atoms with Crippen LogP contribution in [0.4, 0.5) is 0 Å². The molecule has 1 heterocycles. The van der Waals surface area contributed by atoms with E-state index in [1.807, 2.05) is 0 Å². The van der Waals surface area contributed by atoms with Gasteiger partial charge in [0.2, 0.25) is 0 Å². The minimum Gasteiger partial charge on any atom is -0.395 e. The van der Waals surface area contributed by atoms with Crippen molar-refractivity contribution in [1.82, 2.24) is 20.3 Å². The van der Waals surface area contributed by atoms with Crippen LogP contribution in [0, 0.1) is 5.92 Å². The number of nitrogens with one attached hydrogen (secondary N) is 1. The van der Waals surface area contributed by atoms with Crippen LogP contribution in [-0.4, -0.2) is 44.5 Å². The van der Waals surface area contributed by atoms with Gasteiger partial charge in [-0.05, 0) is 5.92 Å². The van der Waals surface area contributed by atoms with E-state index in [2.05, 4.69) is 29.5 Å². The summed E-state index contributed by atoms with van der Waals surface area (Å²) in [5, 5.41) is 28.9. The maximum atomic E-state index is 9.13. The summed E-state index contributed by atoms with van der Waals surface area (Å²) in [6.07, 6.45) is 1.79. The number of hydrogen-bond donors (Lipinski definition) is 3. The van der Waals surface area contributed by atoms with Gasteiger partial charge in [0.05, 0.1) is 25.5 Å². The Morgan fingerprint density at radius 2 is 2.19 bits per heavy atom. The molecule has 0 amide bonds. The normalized spacial score (nSPS) is 13.3. The van der Waals surface area contributed by atoms with Crippen molar-refractivity contribution >= 4 is 0 Å². The van der Waals surface area contributed by atoms with Gasteiger partial charge in [0, 0.05) is 18.8 Å². The summed E-state index contributed by atoms with van der Waals surface area (Å²) in [4.78, 5) is 0. The van der Waals surface area contributed by atoms with Gasteiger partial charge in [0.25, 0.3) is 0 Å². The highest BCUT2D eigenvalue weighted by Gasteiger charge is 2.11. The molecule has 1 aromatic rings. The molecule has 0 saturated heterocycles. The number of nitrogens with zero attached hydrogens (tertiary/aromatic N) is 3. The van der Waals surface area contributed by atoms with Gasteiger partial charge >= 0.3 is 0 Å². The topological polar surface area (TPSA) is 83.2 Å². The molecule has 0 aliphatic heterocycles. The van der Waals surface area contributed by atoms with Crippen LogP contribution in [-0.2, 0) is 13.1 Å². The first-order chi connectivity index (χ1) is 7.67. The van der Waals surface area contributed by atoms with E-state index in [0.717, 1.165) is 5.69 Å². The largest absolute Gasteiger partial charge is 0.395 e. The van der Waals surface area contributed by atoms with Gasteiger partial charge < -0.3 is 15.5 Å². The van der Waals surface area contributed by atoms with E-state index in [9.17, 15) is 0 Å². The quantitative estimate of drug-likeness (QED) is 0.579. The van der Waals surface area contributed by atoms with Gasteiger partial charge in [-0.15, -0.1) is 5.10 Å². The molecule has 1 aromatic heterocycles. The maximum absolute atomic E-state index is 9.13. The average Bonchev–Trinajstić information content (AvgIpc) is 2.67. The van der Waals surface area contributed by atoms with Crippen molar-refractivity contribution in [3.63, 3.8) is 0 Å². The number of aromatic nitrogens is 3. The average molecular weight is 228 g/mol. The zero-order valence-corrected chi connectivity index (χ0v) is 9.80. The summed E-state index contributed by atoms with van der Waals surface area (Å²) in [5.74, 6) is 0.373. The van der Waals surface area contributed by atoms with Crippen LogP contribution in [0.1, 0.15) is 19.5 Å². The summed E-state index contributed by atoms with van der Waals surface area (Å²) in [6, 6.07) is 0.0722. The summed E-state index contributed by atoms with van der Waals surface area (Å²) >= 11 is 0. The highest BCUT2D eigenvalue weighted by molar-refractivity contribution is 4.92. The second-order valence-corrected chi connectivity index (χ2v) is 4.11. The van der Waals surface area contributed by atoms with E-state index in [0.29, 0.717) is 19.0 Å². The molecule has 16 heavy (non-hydrogen) atoms. The van der Waals surface area contributed by atoms with Gasteiger partial charge in [-0.1, -0.05) is 19.1 Å². The molecule has 92 valence electrons. The zero-order valence-electron chi connectivity index (χ0n) is 9.80. The summed E-state index contributed by atoms with van der Waals surface area (Å²) in [5.41, 5.74) is 0.813. The predicted molar refractivity (Wildman–Crippen MR) is 59.7 cm³/mol. The smallest absolute Gasteiger partial charge is 0.0964 e. The van der Waals surface area contributed by atoms with Gasteiger partial charge in [0.15, 0.2) is 0 Å². The molecule has 3 N–H and O–H groups in total. The molecule has 6 heteroatoms. The first kappa shape index (κ1) is 13.1. The van der Waals surface area contributed by atoms with Crippen molar-refractivity contribution in [2.24, 2.45) is 5.92 Å². The standard InChI is InChI=1S/C10H20N4O2/c1-8(2)10(7-16)11-5-9-6-14(3-4-15)13-12-9/h6,8,10-11,15-16H,3-5,7H2,1-2H3. The number of rotatable bonds is 7. The van der Waals surface area contributed by atoms with E-state index in [-0.39, 0.29) is 19.3 Å². The molecule has 6 nitrogen and oxygen atoms in total. The Hall–Kier alpha value is -0.980. The molecular weight excluding hydrogens is 208 g/mol. The van der Waals surface area contributed by atoms with Crippen LogP contribution in [0.2, 0.25) is 0 Å². The van der Waals surface area contributed by atoms with Crippen molar-refractivity contribution in [3.05, 3.63) is 11.9 Å². The minimum absolute atomic E-state index is 0.0570. The molecule has 1 rings (SSSR count). The van der Waals surface area contributed by atoms with Crippen molar-refractivity contribution in [1.29, 1.82) is 0 Å². The molecule has 0 fully saturated rings. The molecular formula is C10H20N4O2. The molecule has 0 bridgehead atoms. The van der Waals surface area contributed by atoms with Crippen molar-refractivity contribution < 1.29 is 10.2 Å². The van der Waals surface area contributed by atoms with Gasteiger partial charge in [-0.25, -0.2) is 4.68 Å². The maximum Gasteiger partial charge on any atom is 0.0964 e. The summed E-state index contributed by atoms with van der Waals surface area (Å²) in [6.45, 7) is 5.31. The minimum atomic E-state index is 0.0570. The first-order valence-corrected chi connectivity index (χ1v) is 5.51. The number of aliphatic hydroxyl groups excluding tert-OH is 2. The highest BCUT2D eigenvalue weighted by Crippen LogP contribution is 2.02. The van der Waals surface area contributed by atoms with E-state index in [1.54, 1.807) is 10.9 Å². The molecule has 0 saturated carbocycles. The van der Waals surface area contributed by atoms with Crippen LogP contribution in [0.3, 0.4) is 0 Å². The van der Waals surface area contributed by atoms with Crippen molar-refractivity contribution in [2.45, 2.75) is 33.0 Å². The molecule has 1 unspecified atom stereocenters. The van der Waals surface area contributed by atoms with E-state index < -0.39 is 0 Å². The first-order valence-electron chi connectivity index (χ1n) is 5.51. The Labute approximate surface area is 95.3 Å². The van der Waals surface area contributed by atoms with Gasteiger partial charge in [-0.2, -0.15) is 0 Å². The van der Waals surface area contributed by atoms with Crippen molar-refractivity contribution in [3.8, 4) is 0 Å². The van der Waals surface area contributed by atoms with Crippen LogP contribution in [0.5, 0.6) is 0 Å². The lowest BCUT2D eigenvalue weighted by Gasteiger charge is -2.18. The van der Waals surface area contributed by atoms with Gasteiger partial charge in [-0.3, -0.25) is 0 Å². The van der Waals surface area contributed by atoms with Crippen LogP contribution in [0.25, 0.3) is 0 Å². The van der Waals surface area contributed by atoms with Crippen LogP contribution in [0.15, 0.2) is 6.20 Å². The highest BCUT2D eigenvalue weighted by atomic mass is 16.3. The lowest BCUT2D eigenvalue weighted by Crippen LogP contribution is -2.36. The molecule has 0 aliphatic carbocycles. The second-order valence-electron chi connectivity index (χ2n) is 4.11. The molecule has 0 radical (unpaired) electrons. The van der Waals surface area contributed by atoms with E-state index in [4.69, 9.17) is 10.2 Å². The Morgan fingerprint density at radius 3 is 2.75 bits per heavy atom. The summed E-state index contributed by atoms with van der Waals surface area (Å²) in [7, 11) is 0. The Bertz CT molecular complexity index is 301. The second kappa shape index (κ2) is 6.57. The fourth-order valence-corrected chi connectivity index (χ4v) is 1.38. The summed E-state index contributed by atoms with van der Waals surface area (Å²) < 4.78 is 1.60.